The number of H-pyrrole nitrogens is 5. The van der Waals surface area contributed by atoms with Crippen LogP contribution in [0.1, 0.15) is 142 Å². The van der Waals surface area contributed by atoms with Crippen LogP contribution in [0.15, 0.2) is 92.8 Å². The van der Waals surface area contributed by atoms with Crippen molar-refractivity contribution in [2.24, 2.45) is 29.5 Å². The molecule has 5 fully saturated rings. The standard InChI is InChI=1S/5C16H20N6O/c5*1-11-5-7-22(14(23)8-17-2)9-13(11)21(3)16-12-4-6-18-15(12)19-10-20-16/h5*4,6,10-11,13H,5,7-9H2,1,3H3,(H,18,19,20)/t5*11-,13+/m11111/s1/i1D3,3D3,7D2,8D2,9D2,10D,11D,13D;3D3,7D2,8D2,9D2,10D,11D,13D;1D3,7D2,8D2,9D2,10D,11D,13D;1D3,3D3,7D2,8D2,9D2,10D;9D2,10D. The van der Waals surface area contributed by atoms with E-state index in [1.54, 1.807) is 24.2 Å². The lowest BCUT2D eigenvalue weighted by Gasteiger charge is -2.41. The van der Waals surface area contributed by atoms with Crippen LogP contribution in [0.2, 0.25) is 0 Å². The minimum Gasteiger partial charge on any atom is -0.354 e. The Morgan fingerprint density at radius 3 is 1.10 bits per heavy atom. The van der Waals surface area contributed by atoms with Gasteiger partial charge in [0.15, 0.2) is 0 Å². The van der Waals surface area contributed by atoms with Gasteiger partial charge in [-0.3, -0.25) is 24.0 Å². The normalized spacial score (nSPS) is 37.1. The van der Waals surface area contributed by atoms with Gasteiger partial charge in [-0.15, -0.1) is 0 Å². The number of rotatable bonds is 15. The Labute approximate surface area is 745 Å². The van der Waals surface area contributed by atoms with Gasteiger partial charge in [0.05, 0.1) is 74.9 Å². The summed E-state index contributed by atoms with van der Waals surface area (Å²) in [4.78, 5) is 131. The highest BCUT2D eigenvalue weighted by atomic mass is 16.2. The third-order valence-corrected chi connectivity index (χ3v) is 16.8. The maximum absolute atomic E-state index is 13.0. The lowest BCUT2D eigenvalue weighted by atomic mass is 9.92. The third kappa shape index (κ3) is 19.2. The summed E-state index contributed by atoms with van der Waals surface area (Å²) in [5.41, 5.74) is 0.356. The van der Waals surface area contributed by atoms with Crippen LogP contribution in [-0.2, 0) is 24.0 Å². The van der Waals surface area contributed by atoms with E-state index in [1.165, 1.54) is 49.1 Å². The summed E-state index contributed by atoms with van der Waals surface area (Å²) in [7, 11) is 2.72. The summed E-state index contributed by atoms with van der Waals surface area (Å²) in [6.07, 6.45) is -0.784. The molecule has 10 aromatic heterocycles. The molecule has 35 heteroatoms. The number of fused-ring (bicyclic) bond motifs is 5. The zero-order valence-corrected chi connectivity index (χ0v) is 60.3. The van der Waals surface area contributed by atoms with Crippen molar-refractivity contribution in [3.63, 3.8) is 0 Å². The van der Waals surface area contributed by atoms with Gasteiger partial charge in [0.25, 0.3) is 32.5 Å². The van der Waals surface area contributed by atoms with Crippen LogP contribution in [0, 0.1) is 62.4 Å². The van der Waals surface area contributed by atoms with Crippen LogP contribution >= 0.6 is 0 Å². The third-order valence-electron chi connectivity index (χ3n) is 16.8. The van der Waals surface area contributed by atoms with Crippen LogP contribution in [0.3, 0.4) is 0 Å². The molecule has 0 spiro atoms. The molecule has 0 unspecified atom stereocenters. The molecule has 115 heavy (non-hydrogen) atoms. The largest absolute Gasteiger partial charge is 0.354 e. The van der Waals surface area contributed by atoms with E-state index in [9.17, 15) is 25.3 Å². The molecule has 600 valence electrons. The summed E-state index contributed by atoms with van der Waals surface area (Å²) in [5, 5.41) is 0.483. The number of likely N-dealkylation sites (tertiary alicyclic amines) is 5. The minimum absolute atomic E-state index is 0.0198. The van der Waals surface area contributed by atoms with Gasteiger partial charge >= 0.3 is 29.5 Å². The first kappa shape index (κ1) is 37.2. The van der Waals surface area contributed by atoms with Gasteiger partial charge in [0, 0.05) is 171 Å². The minimum atomic E-state index is -4.12. The molecule has 5 aliphatic rings. The predicted molar refractivity (Wildman–Crippen MR) is 440 cm³/mol. The first-order chi connectivity index (χ1) is 76.7. The Morgan fingerprint density at radius 1 is 0.417 bits per heavy atom. The molecule has 0 radical (unpaired) electrons. The van der Waals surface area contributed by atoms with Gasteiger partial charge in [0.1, 0.15) is 107 Å². The van der Waals surface area contributed by atoms with E-state index in [0.29, 0.717) is 33.1 Å². The molecule has 15 rings (SSSR count). The van der Waals surface area contributed by atoms with Crippen molar-refractivity contribution in [3.05, 3.63) is 150 Å². The number of hydrogen-bond acceptors (Lipinski definition) is 20. The Morgan fingerprint density at radius 2 is 0.739 bits per heavy atom. The average molecular weight is 1620 g/mol. The molecular weight excluding hydrogens is 1460 g/mol. The first-order valence-corrected chi connectivity index (χ1v) is 33.2. The second-order valence-electron chi connectivity index (χ2n) is 24.0. The molecule has 15 heterocycles. The zero-order chi connectivity index (χ0) is 130. The first-order valence-electron chi connectivity index (χ1n) is 60.7. The number of aromatic amines is 5. The van der Waals surface area contributed by atoms with Gasteiger partial charge in [-0.25, -0.2) is 82.7 Å². The fourth-order valence-corrected chi connectivity index (χ4v) is 11.2. The monoisotopic (exact) mass is 1620 g/mol. The average Bonchev–Trinajstić information content (AvgIpc) is 0.804. The van der Waals surface area contributed by atoms with Gasteiger partial charge in [0.2, 0.25) is 0 Å². The van der Waals surface area contributed by atoms with Crippen molar-refractivity contribution in [3.8, 4) is 0 Å². The molecule has 10 atom stereocenters. The van der Waals surface area contributed by atoms with Gasteiger partial charge in [-0.1, -0.05) is 34.4 Å². The molecule has 0 aliphatic carbocycles. The molecule has 0 aromatic carbocycles. The molecule has 35 nitrogen and oxygen atoms in total. The fourth-order valence-electron chi connectivity index (χ4n) is 11.2. The SMILES string of the molecule is [2H]c1nc(N(C([2H])([2H])[2H])[C@@]2([2H])C([2H])([2H])N(C(=O)C([2H])([2H])[N+]#[C-])C([2H])([2H])C[C@@]2([2H])C([2H])([2H])[2H])c2cc[nH]c2n1.[2H]c1nc(N(C([2H])([2H])[2H])[C@@]2([2H])C([2H])([2H])N(C(=O)C([2H])([2H])[N+]#[C-])C([2H])([2H])C[C@@]2([2H])C)c2cc[nH]c2n1.[2H]c1nc(N(C)[C@@H]2[C@H](C)CCN(C(=O)C[N+]#[C-])C2([2H])[2H])c2cc[nH]c2n1.[2H]c1nc(N(C)[C@@]2([2H])C([2H])([2H])N(C(=O)C([2H])([2H])[N+]#[C-])C([2H])([2H])C[C@@]2([2H])C([2H])([2H])[2H])c2cc[nH]c2n1.[2H]c1nc(N([C@@H]2[C@H](C([2H])([2H])[2H])CC([2H])([2H])N(C(=O)C([2H])([2H])[N+]#[C-])C2([2H])[2H])C([2H])([2H])[2H])c2cc[nH]c2n1. The van der Waals surface area contributed by atoms with Crippen molar-refractivity contribution in [1.29, 1.82) is 0 Å². The van der Waals surface area contributed by atoms with E-state index < -0.39 is 282 Å². The van der Waals surface area contributed by atoms with Gasteiger partial charge in [-0.2, -0.15) is 0 Å². The maximum Gasteiger partial charge on any atom is 0.302 e. The van der Waals surface area contributed by atoms with Gasteiger partial charge < -0.3 is 98.1 Å². The lowest BCUT2D eigenvalue weighted by Crippen LogP contribution is -2.53. The summed E-state index contributed by atoms with van der Waals surface area (Å²) >= 11 is 0. The number of hydrogen-bond donors (Lipinski definition) is 5. The number of carbonyl (C=O) groups excluding carboxylic acids is 5. The van der Waals surface area contributed by atoms with E-state index in [0.717, 1.165) is 18.9 Å². The van der Waals surface area contributed by atoms with Gasteiger partial charge in [-0.05, 0) is 92.0 Å². The number of nitrogens with zero attached hydrogens (tertiary/aromatic N) is 25. The van der Waals surface area contributed by atoms with Crippen molar-refractivity contribution in [2.75, 3.05) is 157 Å². The van der Waals surface area contributed by atoms with E-state index in [2.05, 4.69) is 99.0 Å². The molecule has 5 amide bonds. The second-order valence-corrected chi connectivity index (χ2v) is 24.0. The van der Waals surface area contributed by atoms with Crippen LogP contribution in [-0.4, -0.2) is 292 Å². The van der Waals surface area contributed by atoms with Crippen molar-refractivity contribution >= 4 is 114 Å². The quantitative estimate of drug-likeness (QED) is 0.0612. The molecular formula is C80H100N30O5. The Hall–Kier alpha value is -13.1. The summed E-state index contributed by atoms with van der Waals surface area (Å²) in [6.45, 7) is -27.4. The number of carbonyl (C=O) groups is 5. The number of nitrogens with one attached hydrogen (secondary N) is 5. The van der Waals surface area contributed by atoms with Crippen LogP contribution in [0.5, 0.6) is 0 Å². The van der Waals surface area contributed by atoms with E-state index >= 15 is 0 Å². The Bertz CT molecular complexity index is 7900. The molecule has 0 saturated carbocycles. The molecule has 0 bridgehead atoms. The molecule has 10 aromatic rings. The van der Waals surface area contributed by atoms with Crippen LogP contribution in [0.4, 0.5) is 29.1 Å². The molecule has 5 saturated heterocycles. The Balaban J connectivity index is 0.000000199. The highest BCUT2D eigenvalue weighted by Gasteiger charge is 2.39. The van der Waals surface area contributed by atoms with Crippen LogP contribution in [0.25, 0.3) is 79.4 Å². The summed E-state index contributed by atoms with van der Waals surface area (Å²) in [6, 6.07) is -6.78. The fraction of sp³-hybridized carbons (Fsp3) is 0.500. The summed E-state index contributed by atoms with van der Waals surface area (Å²) < 4.78 is 452. The highest BCUT2D eigenvalue weighted by molar-refractivity contribution is 5.91. The predicted octanol–water partition coefficient (Wildman–Crippen LogP) is 7.75. The molecule has 5 aliphatic heterocycles. The number of likely N-dealkylation sites (N-methyl/N-ethyl adjacent to an activating group) is 5. The Kier molecular flexibility index (Phi) is 12.4. The number of piperidine rings is 5. The second kappa shape index (κ2) is 38.4. The lowest BCUT2D eigenvalue weighted by molar-refractivity contribution is -0.131. The smallest absolute Gasteiger partial charge is 0.302 e. The highest BCUT2D eigenvalue weighted by Crippen LogP contribution is 2.35. The topological polar surface area (TPSA) is 347 Å². The molecule has 5 N–H and O–H groups in total. The zero-order valence-electron chi connectivity index (χ0n) is 115. The van der Waals surface area contributed by atoms with Crippen LogP contribution < -0.4 is 24.5 Å². The van der Waals surface area contributed by atoms with Crippen molar-refractivity contribution in [1.82, 2.24) is 99.3 Å². The maximum atomic E-state index is 13.0. The van der Waals surface area contributed by atoms with E-state index in [1.807, 2.05) is 6.92 Å². The van der Waals surface area contributed by atoms with Crippen molar-refractivity contribution in [2.45, 2.75) is 96.6 Å². The number of anilines is 5. The van der Waals surface area contributed by atoms with E-state index in [4.69, 9.17) is 107 Å². The number of amides is 5. The van der Waals surface area contributed by atoms with Crippen molar-refractivity contribution < 1.29 is 99.4 Å². The number of aromatic nitrogens is 15. The summed E-state index contributed by atoms with van der Waals surface area (Å²) in [5.74, 6) is -22.2. The van der Waals surface area contributed by atoms with E-state index in [-0.39, 0.29) is 99.8 Å².